The fraction of sp³-hybridized carbons (Fsp3) is 1.00. The van der Waals surface area contributed by atoms with E-state index in [0.717, 1.165) is 26.3 Å². The molecule has 1 N–H and O–H groups in total. The number of rotatable bonds is 6. The smallest absolute Gasteiger partial charge is 0.0546 e. The lowest BCUT2D eigenvalue weighted by Crippen LogP contribution is -2.52. The van der Waals surface area contributed by atoms with Crippen LogP contribution in [0.5, 0.6) is 0 Å². The zero-order valence-corrected chi connectivity index (χ0v) is 13.1. The van der Waals surface area contributed by atoms with Crippen molar-refractivity contribution in [3.05, 3.63) is 0 Å². The van der Waals surface area contributed by atoms with Gasteiger partial charge in [-0.3, -0.25) is 4.90 Å². The van der Waals surface area contributed by atoms with Crippen molar-refractivity contribution < 1.29 is 4.74 Å². The Labute approximate surface area is 119 Å². The number of hydrogen-bond acceptors (Lipinski definition) is 3. The number of likely N-dealkylation sites (tertiary alicyclic amines) is 1. The summed E-state index contributed by atoms with van der Waals surface area (Å²) in [6.45, 7) is 13.7. The highest BCUT2D eigenvalue weighted by Crippen LogP contribution is 2.35. The SMILES string of the molecule is CCCNCC1(CN2CCCC2(C)C)CCCOC1. The molecule has 0 aromatic heterocycles. The van der Waals surface area contributed by atoms with Crippen molar-refractivity contribution in [2.45, 2.75) is 58.4 Å². The number of nitrogens with zero attached hydrogens (tertiary/aromatic N) is 1. The first-order valence-electron chi connectivity index (χ1n) is 8.12. The summed E-state index contributed by atoms with van der Waals surface area (Å²) in [7, 11) is 0. The Morgan fingerprint density at radius 2 is 2.05 bits per heavy atom. The van der Waals surface area contributed by atoms with Crippen LogP contribution in [0, 0.1) is 5.41 Å². The van der Waals surface area contributed by atoms with Crippen molar-refractivity contribution in [2.24, 2.45) is 5.41 Å². The van der Waals surface area contributed by atoms with Gasteiger partial charge in [-0.2, -0.15) is 0 Å². The van der Waals surface area contributed by atoms with Crippen LogP contribution in [-0.2, 0) is 4.74 Å². The van der Waals surface area contributed by atoms with Gasteiger partial charge in [-0.05, 0) is 59.0 Å². The second-order valence-corrected chi connectivity index (χ2v) is 7.17. The zero-order valence-electron chi connectivity index (χ0n) is 13.1. The second kappa shape index (κ2) is 6.55. The van der Waals surface area contributed by atoms with E-state index in [0.29, 0.717) is 11.0 Å². The third kappa shape index (κ3) is 3.93. The topological polar surface area (TPSA) is 24.5 Å². The zero-order chi connectivity index (χ0) is 13.8. The molecule has 2 fully saturated rings. The fourth-order valence-electron chi connectivity index (χ4n) is 3.62. The minimum atomic E-state index is 0.342. The van der Waals surface area contributed by atoms with Gasteiger partial charge in [0.25, 0.3) is 0 Å². The predicted octanol–water partition coefficient (Wildman–Crippen LogP) is 2.66. The summed E-state index contributed by atoms with van der Waals surface area (Å²) in [6.07, 6.45) is 6.45. The molecule has 2 aliphatic heterocycles. The average molecular weight is 268 g/mol. The summed E-state index contributed by atoms with van der Waals surface area (Å²) >= 11 is 0. The van der Waals surface area contributed by atoms with Crippen LogP contribution in [-0.4, -0.2) is 49.8 Å². The van der Waals surface area contributed by atoms with Crippen LogP contribution >= 0.6 is 0 Å². The van der Waals surface area contributed by atoms with E-state index >= 15 is 0 Å². The molecular formula is C16H32N2O. The van der Waals surface area contributed by atoms with Crippen LogP contribution in [0.3, 0.4) is 0 Å². The maximum atomic E-state index is 5.83. The highest BCUT2D eigenvalue weighted by atomic mass is 16.5. The molecule has 2 heterocycles. The molecule has 0 radical (unpaired) electrons. The van der Waals surface area contributed by atoms with E-state index in [1.54, 1.807) is 0 Å². The van der Waals surface area contributed by atoms with Gasteiger partial charge in [0.1, 0.15) is 0 Å². The minimum Gasteiger partial charge on any atom is -0.381 e. The lowest BCUT2D eigenvalue weighted by molar-refractivity contribution is -0.0352. The van der Waals surface area contributed by atoms with Crippen molar-refractivity contribution in [1.29, 1.82) is 0 Å². The van der Waals surface area contributed by atoms with E-state index in [2.05, 4.69) is 31.0 Å². The van der Waals surface area contributed by atoms with Gasteiger partial charge in [-0.15, -0.1) is 0 Å². The summed E-state index contributed by atoms with van der Waals surface area (Å²) in [5, 5.41) is 3.64. The summed E-state index contributed by atoms with van der Waals surface area (Å²) in [5.41, 5.74) is 0.726. The lowest BCUT2D eigenvalue weighted by Gasteiger charge is -2.44. The molecular weight excluding hydrogens is 236 g/mol. The van der Waals surface area contributed by atoms with E-state index in [9.17, 15) is 0 Å². The Balaban J connectivity index is 1.96. The Morgan fingerprint density at radius 3 is 2.63 bits per heavy atom. The third-order valence-electron chi connectivity index (χ3n) is 4.93. The Bertz CT molecular complexity index is 272. The molecule has 0 bridgehead atoms. The van der Waals surface area contributed by atoms with Gasteiger partial charge in [0.15, 0.2) is 0 Å². The standard InChI is InChI=1S/C16H32N2O/c1-4-9-17-12-16(8-6-11-19-14-16)13-18-10-5-7-15(18,2)3/h17H,4-14H2,1-3H3. The summed E-state index contributed by atoms with van der Waals surface area (Å²) in [6, 6.07) is 0. The summed E-state index contributed by atoms with van der Waals surface area (Å²) in [5.74, 6) is 0. The highest BCUT2D eigenvalue weighted by molar-refractivity contribution is 4.94. The van der Waals surface area contributed by atoms with Gasteiger partial charge in [0, 0.05) is 30.7 Å². The molecule has 0 saturated carbocycles. The fourth-order valence-corrected chi connectivity index (χ4v) is 3.62. The number of nitrogens with one attached hydrogen (secondary N) is 1. The molecule has 1 unspecified atom stereocenters. The van der Waals surface area contributed by atoms with Crippen LogP contribution in [0.25, 0.3) is 0 Å². The van der Waals surface area contributed by atoms with Crippen molar-refractivity contribution >= 4 is 0 Å². The third-order valence-corrected chi connectivity index (χ3v) is 4.93. The molecule has 2 saturated heterocycles. The molecule has 0 aromatic rings. The maximum Gasteiger partial charge on any atom is 0.0546 e. The minimum absolute atomic E-state index is 0.342. The maximum absolute atomic E-state index is 5.83. The van der Waals surface area contributed by atoms with Gasteiger partial charge < -0.3 is 10.1 Å². The summed E-state index contributed by atoms with van der Waals surface area (Å²) < 4.78 is 5.83. The van der Waals surface area contributed by atoms with Crippen LogP contribution in [0.2, 0.25) is 0 Å². The van der Waals surface area contributed by atoms with Crippen molar-refractivity contribution in [3.8, 4) is 0 Å². The molecule has 3 nitrogen and oxygen atoms in total. The van der Waals surface area contributed by atoms with Crippen LogP contribution in [0.4, 0.5) is 0 Å². The van der Waals surface area contributed by atoms with Crippen LogP contribution in [0.15, 0.2) is 0 Å². The van der Waals surface area contributed by atoms with Gasteiger partial charge in [0.2, 0.25) is 0 Å². The molecule has 2 aliphatic rings. The Hall–Kier alpha value is -0.120. The van der Waals surface area contributed by atoms with Crippen molar-refractivity contribution in [3.63, 3.8) is 0 Å². The van der Waals surface area contributed by atoms with E-state index in [1.807, 2.05) is 0 Å². The van der Waals surface area contributed by atoms with E-state index in [1.165, 1.54) is 45.2 Å². The molecule has 0 spiro atoms. The van der Waals surface area contributed by atoms with E-state index < -0.39 is 0 Å². The molecule has 0 aliphatic carbocycles. The average Bonchev–Trinajstić information content (AvgIpc) is 2.70. The van der Waals surface area contributed by atoms with Gasteiger partial charge in [-0.1, -0.05) is 6.92 Å². The molecule has 2 rings (SSSR count). The predicted molar refractivity (Wildman–Crippen MR) is 80.5 cm³/mol. The van der Waals surface area contributed by atoms with E-state index in [-0.39, 0.29) is 0 Å². The number of hydrogen-bond donors (Lipinski definition) is 1. The van der Waals surface area contributed by atoms with E-state index in [4.69, 9.17) is 4.74 Å². The van der Waals surface area contributed by atoms with Crippen molar-refractivity contribution in [2.75, 3.05) is 39.4 Å². The van der Waals surface area contributed by atoms with Crippen LogP contribution < -0.4 is 5.32 Å². The van der Waals surface area contributed by atoms with Gasteiger partial charge in [0.05, 0.1) is 6.61 Å². The largest absolute Gasteiger partial charge is 0.381 e. The number of ether oxygens (including phenoxy) is 1. The van der Waals surface area contributed by atoms with Crippen LogP contribution in [0.1, 0.15) is 52.9 Å². The molecule has 0 aromatic carbocycles. The lowest BCUT2D eigenvalue weighted by atomic mass is 9.81. The first-order valence-corrected chi connectivity index (χ1v) is 8.12. The van der Waals surface area contributed by atoms with Gasteiger partial charge in [-0.25, -0.2) is 0 Å². The normalized spacial score (nSPS) is 31.7. The molecule has 19 heavy (non-hydrogen) atoms. The molecule has 1 atom stereocenters. The highest BCUT2D eigenvalue weighted by Gasteiger charge is 2.40. The summed E-state index contributed by atoms with van der Waals surface area (Å²) in [4.78, 5) is 2.70. The molecule has 112 valence electrons. The molecule has 3 heteroatoms. The monoisotopic (exact) mass is 268 g/mol. The van der Waals surface area contributed by atoms with Crippen molar-refractivity contribution in [1.82, 2.24) is 10.2 Å². The first-order chi connectivity index (χ1) is 9.08. The van der Waals surface area contributed by atoms with Gasteiger partial charge >= 0.3 is 0 Å². The first kappa shape index (κ1) is 15.3. The molecule has 0 amide bonds. The quantitative estimate of drug-likeness (QED) is 0.750. The Morgan fingerprint density at radius 1 is 1.21 bits per heavy atom. The Kier molecular flexibility index (Phi) is 5.27. The second-order valence-electron chi connectivity index (χ2n) is 7.17.